The van der Waals surface area contributed by atoms with E-state index in [1.54, 1.807) is 35.1 Å². The lowest BCUT2D eigenvalue weighted by Gasteiger charge is -2.32. The van der Waals surface area contributed by atoms with Gasteiger partial charge in [0.2, 0.25) is 10.0 Å². The second-order valence-electron chi connectivity index (χ2n) is 8.12. The number of nitrogens with one attached hydrogen (secondary N) is 2. The predicted molar refractivity (Wildman–Crippen MR) is 131 cm³/mol. The van der Waals surface area contributed by atoms with Crippen molar-refractivity contribution in [2.45, 2.75) is 0 Å². The standard InChI is InChI=1S/C21H28ClN7O3S/c1-27-8-10-28(11-9-27)7-6-23-21-16-14-24-20(22)13-18(16)29(25-21)17-5-4-15(12-19(17)32-2)26-33(3,30)31/h4-5,12-14,26H,6-11H2,1-3H3,(H,23,25). The maximum Gasteiger partial charge on any atom is 0.229 e. The quantitative estimate of drug-likeness (QED) is 0.460. The van der Waals surface area contributed by atoms with Crippen LogP contribution in [0.25, 0.3) is 16.6 Å². The highest BCUT2D eigenvalue weighted by Gasteiger charge is 2.18. The van der Waals surface area contributed by atoms with Gasteiger partial charge in [-0.1, -0.05) is 11.6 Å². The van der Waals surface area contributed by atoms with Crippen molar-refractivity contribution in [3.8, 4) is 11.4 Å². The fourth-order valence-electron chi connectivity index (χ4n) is 3.83. The highest BCUT2D eigenvalue weighted by atomic mass is 35.5. The zero-order valence-corrected chi connectivity index (χ0v) is 20.4. The van der Waals surface area contributed by atoms with E-state index >= 15 is 0 Å². The summed E-state index contributed by atoms with van der Waals surface area (Å²) in [7, 11) is 0.261. The zero-order chi connectivity index (χ0) is 23.6. The van der Waals surface area contributed by atoms with Crippen molar-refractivity contribution in [1.82, 2.24) is 24.6 Å². The van der Waals surface area contributed by atoms with Crippen LogP contribution >= 0.6 is 11.6 Å². The molecule has 33 heavy (non-hydrogen) atoms. The van der Waals surface area contributed by atoms with Gasteiger partial charge in [0.15, 0.2) is 5.82 Å². The average molecular weight is 494 g/mol. The second-order valence-corrected chi connectivity index (χ2v) is 10.3. The topological polar surface area (TPSA) is 105 Å². The van der Waals surface area contributed by atoms with Gasteiger partial charge < -0.3 is 15.0 Å². The molecule has 0 atom stereocenters. The Morgan fingerprint density at radius 2 is 1.94 bits per heavy atom. The number of benzene rings is 1. The first-order chi connectivity index (χ1) is 15.7. The summed E-state index contributed by atoms with van der Waals surface area (Å²) in [6.45, 7) is 5.91. The molecule has 1 saturated heterocycles. The summed E-state index contributed by atoms with van der Waals surface area (Å²) in [5.41, 5.74) is 1.81. The normalized spacial score (nSPS) is 15.6. The summed E-state index contributed by atoms with van der Waals surface area (Å²) in [6, 6.07) is 6.78. The smallest absolute Gasteiger partial charge is 0.229 e. The molecule has 0 radical (unpaired) electrons. The number of aromatic nitrogens is 3. The molecular formula is C21H28ClN7O3S. The zero-order valence-electron chi connectivity index (χ0n) is 18.9. The highest BCUT2D eigenvalue weighted by molar-refractivity contribution is 7.92. The fourth-order valence-corrected chi connectivity index (χ4v) is 4.54. The summed E-state index contributed by atoms with van der Waals surface area (Å²) in [4.78, 5) is 8.99. The van der Waals surface area contributed by atoms with Crippen LogP contribution in [-0.4, -0.2) is 92.7 Å². The summed E-state index contributed by atoms with van der Waals surface area (Å²) >= 11 is 6.19. The van der Waals surface area contributed by atoms with Crippen LogP contribution in [0.2, 0.25) is 5.15 Å². The predicted octanol–water partition coefficient (Wildman–Crippen LogP) is 2.11. The van der Waals surface area contributed by atoms with Crippen LogP contribution in [0.3, 0.4) is 0 Å². The Balaban J connectivity index is 1.62. The van der Waals surface area contributed by atoms with E-state index in [9.17, 15) is 8.42 Å². The molecule has 0 bridgehead atoms. The number of halogens is 1. The van der Waals surface area contributed by atoms with Crippen LogP contribution in [0.15, 0.2) is 30.5 Å². The van der Waals surface area contributed by atoms with Gasteiger partial charge in [0.25, 0.3) is 0 Å². The minimum absolute atomic E-state index is 0.349. The van der Waals surface area contributed by atoms with Crippen LogP contribution in [-0.2, 0) is 10.0 Å². The van der Waals surface area contributed by atoms with Gasteiger partial charge in [-0.05, 0) is 19.2 Å². The number of rotatable bonds is 8. The van der Waals surface area contributed by atoms with Crippen LogP contribution in [0.5, 0.6) is 5.75 Å². The highest BCUT2D eigenvalue weighted by Crippen LogP contribution is 2.32. The van der Waals surface area contributed by atoms with Crippen molar-refractivity contribution in [2.75, 3.05) is 69.7 Å². The lowest BCUT2D eigenvalue weighted by molar-refractivity contribution is 0.158. The van der Waals surface area contributed by atoms with Crippen LogP contribution in [0.4, 0.5) is 11.5 Å². The molecule has 0 amide bonds. The summed E-state index contributed by atoms with van der Waals surface area (Å²) in [6.07, 6.45) is 2.80. The van der Waals surface area contributed by atoms with E-state index < -0.39 is 10.0 Å². The first kappa shape index (κ1) is 23.6. The van der Waals surface area contributed by atoms with Gasteiger partial charge in [-0.15, -0.1) is 5.10 Å². The fraction of sp³-hybridized carbons (Fsp3) is 0.429. The Kier molecular flexibility index (Phi) is 6.94. The SMILES string of the molecule is COc1cc(NS(C)(=O)=O)ccc1-n1nc(NCCN2CCN(C)CC2)c2cnc(Cl)cc21. The molecule has 2 N–H and O–H groups in total. The average Bonchev–Trinajstić information content (AvgIpc) is 3.11. The van der Waals surface area contributed by atoms with Crippen molar-refractivity contribution in [2.24, 2.45) is 0 Å². The molecule has 0 unspecified atom stereocenters. The minimum atomic E-state index is -3.41. The minimum Gasteiger partial charge on any atom is -0.494 e. The number of sulfonamides is 1. The Hall–Kier alpha value is -2.60. The van der Waals surface area contributed by atoms with Crippen molar-refractivity contribution >= 4 is 44.0 Å². The van der Waals surface area contributed by atoms with Crippen molar-refractivity contribution < 1.29 is 13.2 Å². The number of anilines is 2. The molecule has 1 aliphatic heterocycles. The van der Waals surface area contributed by atoms with Gasteiger partial charge in [0, 0.05) is 57.6 Å². The molecule has 178 valence electrons. The second kappa shape index (κ2) is 9.72. The van der Waals surface area contributed by atoms with Gasteiger partial charge >= 0.3 is 0 Å². The first-order valence-corrected chi connectivity index (χ1v) is 12.9. The Labute approximate surface area is 198 Å². The largest absolute Gasteiger partial charge is 0.494 e. The number of piperazine rings is 1. The molecule has 12 heteroatoms. The molecule has 1 aromatic carbocycles. The Morgan fingerprint density at radius 3 is 2.64 bits per heavy atom. The third kappa shape index (κ3) is 5.67. The van der Waals surface area contributed by atoms with Crippen molar-refractivity contribution in [3.63, 3.8) is 0 Å². The monoisotopic (exact) mass is 493 g/mol. The lowest BCUT2D eigenvalue weighted by atomic mass is 10.2. The first-order valence-electron chi connectivity index (χ1n) is 10.6. The number of methoxy groups -OCH3 is 1. The van der Waals surface area contributed by atoms with Crippen LogP contribution in [0.1, 0.15) is 0 Å². The summed E-state index contributed by atoms with van der Waals surface area (Å²) in [5, 5.41) is 9.38. The van der Waals surface area contributed by atoms with Crippen molar-refractivity contribution in [1.29, 1.82) is 0 Å². The molecule has 0 spiro atoms. The Morgan fingerprint density at radius 1 is 1.18 bits per heavy atom. The Bertz CT molecular complexity index is 1240. The van der Waals surface area contributed by atoms with E-state index in [4.69, 9.17) is 21.4 Å². The van der Waals surface area contributed by atoms with E-state index in [-0.39, 0.29) is 0 Å². The number of nitrogens with zero attached hydrogens (tertiary/aromatic N) is 5. The van der Waals surface area contributed by atoms with Gasteiger partial charge in [-0.25, -0.2) is 18.1 Å². The number of pyridine rings is 1. The molecule has 2 aromatic heterocycles. The molecule has 3 aromatic rings. The van der Waals surface area contributed by atoms with E-state index in [0.717, 1.165) is 56.4 Å². The maximum absolute atomic E-state index is 11.6. The van der Waals surface area contributed by atoms with Crippen molar-refractivity contribution in [3.05, 3.63) is 35.6 Å². The lowest BCUT2D eigenvalue weighted by Crippen LogP contribution is -2.45. The molecular weight excluding hydrogens is 466 g/mol. The molecule has 3 heterocycles. The van der Waals surface area contributed by atoms with Crippen LogP contribution < -0.4 is 14.8 Å². The summed E-state index contributed by atoms with van der Waals surface area (Å²) in [5.74, 6) is 1.16. The van der Waals surface area contributed by atoms with Gasteiger partial charge in [0.05, 0.1) is 30.0 Å². The third-order valence-corrected chi connectivity index (χ3v) is 6.37. The molecule has 4 rings (SSSR count). The van der Waals surface area contributed by atoms with Gasteiger partial charge in [-0.2, -0.15) is 0 Å². The van der Waals surface area contributed by atoms with Crippen LogP contribution in [0, 0.1) is 0 Å². The van der Waals surface area contributed by atoms with E-state index in [1.807, 2.05) is 0 Å². The summed E-state index contributed by atoms with van der Waals surface area (Å²) < 4.78 is 32.9. The molecule has 0 aliphatic carbocycles. The van der Waals surface area contributed by atoms with E-state index in [0.29, 0.717) is 28.1 Å². The number of hydrogen-bond donors (Lipinski definition) is 2. The van der Waals surface area contributed by atoms with Gasteiger partial charge in [0.1, 0.15) is 16.6 Å². The number of hydrogen-bond acceptors (Lipinski definition) is 8. The molecule has 10 nitrogen and oxygen atoms in total. The number of fused-ring (bicyclic) bond motifs is 1. The number of likely N-dealkylation sites (N-methyl/N-ethyl adjacent to an activating group) is 1. The number of ether oxygens (including phenoxy) is 1. The molecule has 1 fully saturated rings. The van der Waals surface area contributed by atoms with Gasteiger partial charge in [-0.3, -0.25) is 9.62 Å². The van der Waals surface area contributed by atoms with E-state index in [1.165, 1.54) is 7.11 Å². The third-order valence-electron chi connectivity index (χ3n) is 5.56. The van der Waals surface area contributed by atoms with E-state index in [2.05, 4.69) is 31.9 Å². The molecule has 0 saturated carbocycles. The molecule has 1 aliphatic rings. The maximum atomic E-state index is 11.6.